The van der Waals surface area contributed by atoms with E-state index in [0.717, 1.165) is 0 Å². The van der Waals surface area contributed by atoms with Crippen molar-refractivity contribution >= 4 is 10.8 Å². The highest BCUT2D eigenvalue weighted by molar-refractivity contribution is 5.99. The Bertz CT molecular complexity index is 1090. The Balaban J connectivity index is 1.97. The monoisotopic (exact) mass is 320 g/mol. The number of hydrogen-bond acceptors (Lipinski definition) is 0. The van der Waals surface area contributed by atoms with Gasteiger partial charge in [-0.3, -0.25) is 0 Å². The molecule has 0 aromatic heterocycles. The number of rotatable bonds is 0. The van der Waals surface area contributed by atoms with Gasteiger partial charge in [-0.1, -0.05) is 96.1 Å². The fraction of sp³-hybridized carbons (Fsp3) is 0.120. The minimum atomic E-state index is -0.186. The number of fused-ring (bicyclic) bond motifs is 7. The summed E-state index contributed by atoms with van der Waals surface area (Å²) in [4.78, 5) is 0. The van der Waals surface area contributed by atoms with Crippen molar-refractivity contribution in [3.8, 4) is 11.1 Å². The minimum absolute atomic E-state index is 0.186. The van der Waals surface area contributed by atoms with Gasteiger partial charge in [0.05, 0.1) is 5.41 Å². The average Bonchev–Trinajstić information content (AvgIpc) is 2.76. The third kappa shape index (κ3) is 1.94. The van der Waals surface area contributed by atoms with Gasteiger partial charge in [-0.15, -0.1) is 0 Å². The Morgan fingerprint density at radius 3 is 2.12 bits per heavy atom. The van der Waals surface area contributed by atoms with Crippen molar-refractivity contribution < 1.29 is 0 Å². The minimum Gasteiger partial charge on any atom is -0.0657 e. The number of allylic oxidation sites excluding steroid dienone is 6. The van der Waals surface area contributed by atoms with Crippen LogP contribution in [-0.4, -0.2) is 0 Å². The summed E-state index contributed by atoms with van der Waals surface area (Å²) in [6, 6.07) is 18.3. The predicted octanol–water partition coefficient (Wildman–Crippen LogP) is 6.41. The van der Waals surface area contributed by atoms with Crippen LogP contribution in [0.25, 0.3) is 21.9 Å². The lowest BCUT2D eigenvalue weighted by atomic mass is 9.75. The van der Waals surface area contributed by atoms with Gasteiger partial charge in [0.2, 0.25) is 0 Å². The van der Waals surface area contributed by atoms with Crippen LogP contribution in [0.4, 0.5) is 0 Å². The van der Waals surface area contributed by atoms with Crippen molar-refractivity contribution in [2.75, 3.05) is 0 Å². The van der Waals surface area contributed by atoms with Gasteiger partial charge >= 0.3 is 0 Å². The highest BCUT2D eigenvalue weighted by Crippen LogP contribution is 2.53. The first kappa shape index (κ1) is 14.5. The van der Waals surface area contributed by atoms with Gasteiger partial charge in [-0.05, 0) is 46.9 Å². The normalized spacial score (nSPS) is 16.2. The Morgan fingerprint density at radius 2 is 1.32 bits per heavy atom. The predicted molar refractivity (Wildman–Crippen MR) is 107 cm³/mol. The highest BCUT2D eigenvalue weighted by Gasteiger charge is 2.40. The van der Waals surface area contributed by atoms with Crippen molar-refractivity contribution in [1.29, 1.82) is 0 Å². The maximum Gasteiger partial charge on any atom is 0.0587 e. The Labute approximate surface area is 148 Å². The number of aryl methyl sites for hydroxylation is 2. The molecule has 0 saturated carbocycles. The van der Waals surface area contributed by atoms with Gasteiger partial charge in [0.25, 0.3) is 0 Å². The molecule has 0 aliphatic heterocycles. The molecule has 2 aliphatic rings. The molecular formula is C25H20. The zero-order valence-corrected chi connectivity index (χ0v) is 14.6. The molecule has 0 bridgehead atoms. The molecule has 25 heavy (non-hydrogen) atoms. The summed E-state index contributed by atoms with van der Waals surface area (Å²) in [7, 11) is 0. The topological polar surface area (TPSA) is 0 Å². The smallest absolute Gasteiger partial charge is 0.0587 e. The molecule has 0 atom stereocenters. The average molecular weight is 320 g/mol. The number of hydrogen-bond donors (Lipinski definition) is 0. The maximum atomic E-state index is 2.36. The highest BCUT2D eigenvalue weighted by atomic mass is 14.4. The Hall–Kier alpha value is -2.86. The first-order chi connectivity index (χ1) is 12.2. The largest absolute Gasteiger partial charge is 0.0657 e. The van der Waals surface area contributed by atoms with E-state index in [-0.39, 0.29) is 5.41 Å². The zero-order valence-electron chi connectivity index (χ0n) is 14.6. The van der Waals surface area contributed by atoms with Crippen LogP contribution in [0.3, 0.4) is 0 Å². The summed E-state index contributed by atoms with van der Waals surface area (Å²) < 4.78 is 0. The van der Waals surface area contributed by atoms with Crippen LogP contribution in [0.5, 0.6) is 0 Å². The molecule has 0 unspecified atom stereocenters. The molecule has 0 nitrogen and oxygen atoms in total. The lowest BCUT2D eigenvalue weighted by Gasteiger charge is -2.26. The summed E-state index contributed by atoms with van der Waals surface area (Å²) in [5.74, 6) is 0. The molecule has 0 N–H and O–H groups in total. The van der Waals surface area contributed by atoms with Crippen molar-refractivity contribution in [3.05, 3.63) is 107 Å². The lowest BCUT2D eigenvalue weighted by Crippen LogP contribution is -2.19. The summed E-state index contributed by atoms with van der Waals surface area (Å²) in [5.41, 5.74) is 7.97. The van der Waals surface area contributed by atoms with Crippen LogP contribution >= 0.6 is 0 Å². The van der Waals surface area contributed by atoms with E-state index in [0.29, 0.717) is 0 Å². The summed E-state index contributed by atoms with van der Waals surface area (Å²) in [5, 5.41) is 2.68. The molecule has 3 aromatic carbocycles. The maximum absolute atomic E-state index is 2.36. The molecular weight excluding hydrogens is 300 g/mol. The second-order valence-electron chi connectivity index (χ2n) is 7.23. The first-order valence-corrected chi connectivity index (χ1v) is 8.88. The van der Waals surface area contributed by atoms with Crippen molar-refractivity contribution in [3.63, 3.8) is 0 Å². The SMILES string of the molecule is Cc1ccc2c(c1)C1(C=CC=CC=C1)c1c-2ccc2cc(C)ccc12. The molecule has 0 heteroatoms. The van der Waals surface area contributed by atoms with E-state index in [4.69, 9.17) is 0 Å². The second kappa shape index (κ2) is 5.07. The van der Waals surface area contributed by atoms with Gasteiger partial charge in [0, 0.05) is 0 Å². The van der Waals surface area contributed by atoms with Crippen LogP contribution in [-0.2, 0) is 5.41 Å². The fourth-order valence-corrected chi connectivity index (χ4v) is 4.43. The Kier molecular flexibility index (Phi) is 2.93. The van der Waals surface area contributed by atoms with Crippen LogP contribution in [0.15, 0.2) is 85.0 Å². The number of benzene rings is 3. The molecule has 1 spiro atoms. The first-order valence-electron chi connectivity index (χ1n) is 8.88. The third-order valence-corrected chi connectivity index (χ3v) is 5.55. The fourth-order valence-electron chi connectivity index (χ4n) is 4.43. The molecule has 3 aromatic rings. The van der Waals surface area contributed by atoms with E-state index in [1.165, 1.54) is 44.2 Å². The molecule has 0 fully saturated rings. The summed E-state index contributed by atoms with van der Waals surface area (Å²) in [6.45, 7) is 4.34. The van der Waals surface area contributed by atoms with E-state index in [1.54, 1.807) is 0 Å². The van der Waals surface area contributed by atoms with Crippen molar-refractivity contribution in [2.45, 2.75) is 19.3 Å². The summed E-state index contributed by atoms with van der Waals surface area (Å²) >= 11 is 0. The van der Waals surface area contributed by atoms with E-state index < -0.39 is 0 Å². The quantitative estimate of drug-likeness (QED) is 0.449. The third-order valence-electron chi connectivity index (χ3n) is 5.55. The standard InChI is InChI=1S/C25H20/c1-17-7-10-20-19(15-17)9-12-22-21-11-8-18(2)16-23(21)25(24(20)22)13-5-3-4-6-14-25/h3-16H,1-2H3. The molecule has 0 saturated heterocycles. The van der Waals surface area contributed by atoms with E-state index in [1.807, 2.05) is 0 Å². The van der Waals surface area contributed by atoms with Crippen LogP contribution in [0, 0.1) is 13.8 Å². The molecule has 0 amide bonds. The van der Waals surface area contributed by atoms with E-state index in [9.17, 15) is 0 Å². The lowest BCUT2D eigenvalue weighted by molar-refractivity contribution is 0.853. The molecule has 0 radical (unpaired) electrons. The van der Waals surface area contributed by atoms with Gasteiger partial charge in [-0.2, -0.15) is 0 Å². The molecule has 0 heterocycles. The van der Waals surface area contributed by atoms with E-state index >= 15 is 0 Å². The van der Waals surface area contributed by atoms with Crippen molar-refractivity contribution in [2.24, 2.45) is 0 Å². The van der Waals surface area contributed by atoms with Crippen LogP contribution in [0.1, 0.15) is 22.3 Å². The van der Waals surface area contributed by atoms with Crippen molar-refractivity contribution in [1.82, 2.24) is 0 Å². The summed E-state index contributed by atoms with van der Waals surface area (Å²) in [6.07, 6.45) is 13.3. The van der Waals surface area contributed by atoms with Crippen LogP contribution in [0.2, 0.25) is 0 Å². The van der Waals surface area contributed by atoms with E-state index in [2.05, 4.69) is 98.8 Å². The molecule has 2 aliphatic carbocycles. The molecule has 120 valence electrons. The van der Waals surface area contributed by atoms with Gasteiger partial charge in [0.1, 0.15) is 0 Å². The van der Waals surface area contributed by atoms with Gasteiger partial charge in [0.15, 0.2) is 0 Å². The van der Waals surface area contributed by atoms with Crippen LogP contribution < -0.4 is 0 Å². The second-order valence-corrected chi connectivity index (χ2v) is 7.23. The Morgan fingerprint density at radius 1 is 0.640 bits per heavy atom. The zero-order chi connectivity index (χ0) is 17.0. The molecule has 5 rings (SSSR count). The van der Waals surface area contributed by atoms with Gasteiger partial charge < -0.3 is 0 Å². The van der Waals surface area contributed by atoms with Gasteiger partial charge in [-0.25, -0.2) is 0 Å².